The highest BCUT2D eigenvalue weighted by molar-refractivity contribution is 5.85. The molecule has 1 aromatic carbocycles. The number of phenolic OH excluding ortho intramolecular Hbond substituents is 1. The molecule has 0 saturated carbocycles. The van der Waals surface area contributed by atoms with Crippen molar-refractivity contribution in [2.24, 2.45) is 11.8 Å². The normalized spacial score (nSPS) is 22.8. The summed E-state index contributed by atoms with van der Waals surface area (Å²) >= 11 is 0. The SMILES string of the molecule is Cc1c(C)c2c(c(C)c1O)CCC(C)(C(=O)NCC(C)C(O)C(C)C(O)CO)O2. The van der Waals surface area contributed by atoms with Crippen LogP contribution in [0.3, 0.4) is 0 Å². The van der Waals surface area contributed by atoms with E-state index < -0.39 is 30.3 Å². The van der Waals surface area contributed by atoms with Crippen LogP contribution in [0.2, 0.25) is 0 Å². The summed E-state index contributed by atoms with van der Waals surface area (Å²) in [7, 11) is 0. The number of hydrogen-bond acceptors (Lipinski definition) is 6. The summed E-state index contributed by atoms with van der Waals surface area (Å²) < 4.78 is 6.17. The van der Waals surface area contributed by atoms with Gasteiger partial charge >= 0.3 is 0 Å². The highest BCUT2D eigenvalue weighted by atomic mass is 16.5. The molecule has 29 heavy (non-hydrogen) atoms. The lowest BCUT2D eigenvalue weighted by Crippen LogP contribution is -2.52. The molecule has 0 radical (unpaired) electrons. The van der Waals surface area contributed by atoms with Crippen LogP contribution < -0.4 is 10.1 Å². The number of aliphatic hydroxyl groups is 3. The first kappa shape index (κ1) is 23.4. The second-order valence-corrected chi connectivity index (χ2v) is 8.65. The Kier molecular flexibility index (Phi) is 7.19. The molecule has 1 aliphatic rings. The van der Waals surface area contributed by atoms with Crippen LogP contribution in [0.5, 0.6) is 11.5 Å². The molecule has 5 N–H and O–H groups in total. The Labute approximate surface area is 172 Å². The van der Waals surface area contributed by atoms with Crippen LogP contribution in [-0.2, 0) is 11.2 Å². The minimum absolute atomic E-state index is 0.223. The van der Waals surface area contributed by atoms with Gasteiger partial charge < -0.3 is 30.5 Å². The molecule has 5 atom stereocenters. The van der Waals surface area contributed by atoms with E-state index in [1.165, 1.54) is 0 Å². The fourth-order valence-corrected chi connectivity index (χ4v) is 3.88. The lowest BCUT2D eigenvalue weighted by Gasteiger charge is -2.37. The van der Waals surface area contributed by atoms with Crippen molar-refractivity contribution in [3.05, 3.63) is 22.3 Å². The zero-order valence-corrected chi connectivity index (χ0v) is 18.2. The number of fused-ring (bicyclic) bond motifs is 1. The van der Waals surface area contributed by atoms with Crippen molar-refractivity contribution in [2.75, 3.05) is 13.2 Å². The Balaban J connectivity index is 2.09. The summed E-state index contributed by atoms with van der Waals surface area (Å²) in [6.45, 7) is 10.6. The number of rotatable bonds is 7. The number of nitrogens with one attached hydrogen (secondary N) is 1. The lowest BCUT2D eigenvalue weighted by molar-refractivity contribution is -0.137. The Bertz CT molecular complexity index is 764. The molecule has 0 fully saturated rings. The van der Waals surface area contributed by atoms with E-state index in [0.29, 0.717) is 18.6 Å². The van der Waals surface area contributed by atoms with Crippen LogP contribution >= 0.6 is 0 Å². The maximum absolute atomic E-state index is 12.9. The summed E-state index contributed by atoms with van der Waals surface area (Å²) in [6, 6.07) is 0. The smallest absolute Gasteiger partial charge is 0.263 e. The Hall–Kier alpha value is -1.83. The molecule has 164 valence electrons. The van der Waals surface area contributed by atoms with Gasteiger partial charge in [-0.3, -0.25) is 4.79 Å². The first-order valence-electron chi connectivity index (χ1n) is 10.2. The molecule has 0 aliphatic carbocycles. The van der Waals surface area contributed by atoms with Crippen LogP contribution in [0.1, 0.15) is 49.4 Å². The Morgan fingerprint density at radius 2 is 1.79 bits per heavy atom. The molecule has 5 unspecified atom stereocenters. The average Bonchev–Trinajstić information content (AvgIpc) is 2.72. The molecule has 0 bridgehead atoms. The predicted octanol–water partition coefficient (Wildman–Crippen LogP) is 1.50. The van der Waals surface area contributed by atoms with E-state index in [1.807, 2.05) is 20.8 Å². The minimum atomic E-state index is -1.05. The van der Waals surface area contributed by atoms with Gasteiger partial charge in [0, 0.05) is 24.4 Å². The molecule has 1 aromatic rings. The minimum Gasteiger partial charge on any atom is -0.507 e. The summed E-state index contributed by atoms with van der Waals surface area (Å²) in [5.74, 6) is -0.144. The summed E-state index contributed by atoms with van der Waals surface area (Å²) in [5.41, 5.74) is 2.26. The molecule has 1 heterocycles. The molecule has 1 amide bonds. The van der Waals surface area contributed by atoms with E-state index in [1.54, 1.807) is 20.8 Å². The van der Waals surface area contributed by atoms with E-state index in [9.17, 15) is 20.1 Å². The van der Waals surface area contributed by atoms with Crippen molar-refractivity contribution in [1.29, 1.82) is 0 Å². The maximum Gasteiger partial charge on any atom is 0.263 e. The van der Waals surface area contributed by atoms with Gasteiger partial charge in [0.1, 0.15) is 11.5 Å². The van der Waals surface area contributed by atoms with E-state index in [2.05, 4.69) is 5.32 Å². The Morgan fingerprint density at radius 1 is 1.17 bits per heavy atom. The molecule has 7 heteroatoms. The lowest BCUT2D eigenvalue weighted by atomic mass is 9.86. The molecule has 2 rings (SSSR count). The number of benzene rings is 1. The van der Waals surface area contributed by atoms with Gasteiger partial charge in [0.05, 0.1) is 18.8 Å². The van der Waals surface area contributed by atoms with Crippen molar-refractivity contribution < 1.29 is 30.0 Å². The van der Waals surface area contributed by atoms with Gasteiger partial charge in [-0.2, -0.15) is 0 Å². The van der Waals surface area contributed by atoms with Crippen molar-refractivity contribution in [1.82, 2.24) is 5.32 Å². The van der Waals surface area contributed by atoms with Gasteiger partial charge in [0.15, 0.2) is 5.60 Å². The fourth-order valence-electron chi connectivity index (χ4n) is 3.88. The zero-order chi connectivity index (χ0) is 22.1. The van der Waals surface area contributed by atoms with Crippen molar-refractivity contribution in [3.8, 4) is 11.5 Å². The van der Waals surface area contributed by atoms with Crippen molar-refractivity contribution in [2.45, 2.75) is 72.2 Å². The maximum atomic E-state index is 12.9. The third-order valence-electron chi connectivity index (χ3n) is 6.50. The first-order chi connectivity index (χ1) is 13.4. The third kappa shape index (κ3) is 4.52. The summed E-state index contributed by atoms with van der Waals surface area (Å²) in [5, 5.41) is 42.3. The van der Waals surface area contributed by atoms with Gasteiger partial charge in [-0.1, -0.05) is 13.8 Å². The summed E-state index contributed by atoms with van der Waals surface area (Å²) in [4.78, 5) is 12.9. The van der Waals surface area contributed by atoms with Crippen LogP contribution in [0.25, 0.3) is 0 Å². The number of ether oxygens (including phenoxy) is 1. The Morgan fingerprint density at radius 3 is 2.38 bits per heavy atom. The number of carbonyl (C=O) groups is 1. The number of amides is 1. The number of phenols is 1. The van der Waals surface area contributed by atoms with E-state index in [0.717, 1.165) is 22.3 Å². The van der Waals surface area contributed by atoms with Gasteiger partial charge in [-0.25, -0.2) is 0 Å². The average molecular weight is 410 g/mol. The van der Waals surface area contributed by atoms with E-state index in [4.69, 9.17) is 9.84 Å². The topological polar surface area (TPSA) is 119 Å². The van der Waals surface area contributed by atoms with Gasteiger partial charge in [-0.15, -0.1) is 0 Å². The van der Waals surface area contributed by atoms with E-state index in [-0.39, 0.29) is 24.1 Å². The number of hydrogen-bond donors (Lipinski definition) is 5. The first-order valence-corrected chi connectivity index (χ1v) is 10.2. The predicted molar refractivity (Wildman–Crippen MR) is 110 cm³/mol. The number of aliphatic hydroxyl groups excluding tert-OH is 3. The number of aromatic hydroxyl groups is 1. The summed E-state index contributed by atoms with van der Waals surface area (Å²) in [6.07, 6.45) is -0.776. The second kappa shape index (κ2) is 8.90. The van der Waals surface area contributed by atoms with Gasteiger partial charge in [0.2, 0.25) is 0 Å². The molecule has 0 aromatic heterocycles. The second-order valence-electron chi connectivity index (χ2n) is 8.65. The molecular weight excluding hydrogens is 374 g/mol. The van der Waals surface area contributed by atoms with E-state index >= 15 is 0 Å². The molecule has 1 aliphatic heterocycles. The highest BCUT2D eigenvalue weighted by Crippen LogP contribution is 2.43. The van der Waals surface area contributed by atoms with Crippen molar-refractivity contribution >= 4 is 5.91 Å². The standard InChI is InChI=1S/C22H35NO6/c1-11(18(26)15(5)17(25)10-24)9-23-21(28)22(6)8-7-16-14(4)19(27)12(2)13(3)20(16)29-22/h11,15,17-18,24-27H,7-10H2,1-6H3,(H,23,28). The van der Waals surface area contributed by atoms with Crippen LogP contribution in [-0.4, -0.2) is 57.3 Å². The highest BCUT2D eigenvalue weighted by Gasteiger charge is 2.41. The fraction of sp³-hybridized carbons (Fsp3) is 0.682. The molecular formula is C22H35NO6. The van der Waals surface area contributed by atoms with Crippen LogP contribution in [0.15, 0.2) is 0 Å². The van der Waals surface area contributed by atoms with Gasteiger partial charge in [-0.05, 0) is 56.7 Å². The third-order valence-corrected chi connectivity index (χ3v) is 6.50. The monoisotopic (exact) mass is 409 g/mol. The molecule has 0 saturated heterocycles. The van der Waals surface area contributed by atoms with Crippen LogP contribution in [0, 0.1) is 32.6 Å². The number of carbonyl (C=O) groups excluding carboxylic acids is 1. The largest absolute Gasteiger partial charge is 0.507 e. The van der Waals surface area contributed by atoms with Gasteiger partial charge in [0.25, 0.3) is 5.91 Å². The molecule has 7 nitrogen and oxygen atoms in total. The zero-order valence-electron chi connectivity index (χ0n) is 18.2. The van der Waals surface area contributed by atoms with Crippen LogP contribution in [0.4, 0.5) is 0 Å². The quantitative estimate of drug-likeness (QED) is 0.466. The van der Waals surface area contributed by atoms with Crippen molar-refractivity contribution in [3.63, 3.8) is 0 Å². The molecule has 0 spiro atoms.